The summed E-state index contributed by atoms with van der Waals surface area (Å²) in [5.41, 5.74) is 4.41. The van der Waals surface area contributed by atoms with E-state index in [1.165, 1.54) is 29.5 Å². The van der Waals surface area contributed by atoms with Gasteiger partial charge >= 0.3 is 0 Å². The van der Waals surface area contributed by atoms with E-state index in [9.17, 15) is 0 Å². The summed E-state index contributed by atoms with van der Waals surface area (Å²) in [6, 6.07) is 7.38. The maximum atomic E-state index is 3.35. The fourth-order valence-electron chi connectivity index (χ4n) is 2.02. The highest BCUT2D eigenvalue weighted by Crippen LogP contribution is 2.31. The molecule has 1 heteroatoms. The van der Waals surface area contributed by atoms with Crippen LogP contribution in [0.2, 0.25) is 0 Å². The third-order valence-electron chi connectivity index (χ3n) is 2.73. The van der Waals surface area contributed by atoms with Crippen molar-refractivity contribution in [2.45, 2.75) is 25.8 Å². The molecule has 2 rings (SSSR count). The van der Waals surface area contributed by atoms with E-state index in [0.29, 0.717) is 6.04 Å². The molecule has 64 valence electrons. The molecule has 1 aliphatic carbocycles. The Balaban J connectivity index is 2.42. The molecule has 0 spiro atoms. The van der Waals surface area contributed by atoms with Crippen LogP contribution >= 0.6 is 0 Å². The maximum absolute atomic E-state index is 3.35. The first-order valence-electron chi connectivity index (χ1n) is 4.58. The minimum Gasteiger partial charge on any atom is -0.313 e. The number of nitrogens with one attached hydrogen (secondary N) is 1. The third kappa shape index (κ3) is 1.14. The number of rotatable bonds is 1. The van der Waals surface area contributed by atoms with Gasteiger partial charge in [0.25, 0.3) is 0 Å². The lowest BCUT2D eigenvalue weighted by molar-refractivity contribution is 0.590. The Labute approximate surface area is 73.8 Å². The zero-order chi connectivity index (χ0) is 8.55. The standard InChI is InChI=1S/C11H15N/c1-8-3-4-9-5-6-11(12-2)10(9)7-8/h3-4,7,11-12H,5-6H2,1-2H3. The Morgan fingerprint density at radius 3 is 3.00 bits per heavy atom. The lowest BCUT2D eigenvalue weighted by atomic mass is 10.1. The molecule has 0 aliphatic heterocycles. The van der Waals surface area contributed by atoms with E-state index in [2.05, 4.69) is 30.4 Å². The fourth-order valence-corrected chi connectivity index (χ4v) is 2.02. The summed E-state index contributed by atoms with van der Waals surface area (Å²) < 4.78 is 0. The first-order valence-corrected chi connectivity index (χ1v) is 4.58. The largest absolute Gasteiger partial charge is 0.313 e. The second-order valence-corrected chi connectivity index (χ2v) is 3.58. The van der Waals surface area contributed by atoms with Crippen molar-refractivity contribution in [1.29, 1.82) is 0 Å². The van der Waals surface area contributed by atoms with Gasteiger partial charge in [-0.1, -0.05) is 23.8 Å². The molecule has 1 aromatic carbocycles. The van der Waals surface area contributed by atoms with Gasteiger partial charge in [0.15, 0.2) is 0 Å². The maximum Gasteiger partial charge on any atom is 0.0323 e. The number of hydrogen-bond donors (Lipinski definition) is 1. The summed E-state index contributed by atoms with van der Waals surface area (Å²) in [6.45, 7) is 2.16. The summed E-state index contributed by atoms with van der Waals surface area (Å²) >= 11 is 0. The van der Waals surface area contributed by atoms with E-state index in [4.69, 9.17) is 0 Å². The Bertz CT molecular complexity index is 291. The van der Waals surface area contributed by atoms with Crippen molar-refractivity contribution in [3.05, 3.63) is 34.9 Å². The smallest absolute Gasteiger partial charge is 0.0323 e. The molecule has 0 bridgehead atoms. The zero-order valence-electron chi connectivity index (χ0n) is 7.72. The van der Waals surface area contributed by atoms with E-state index in [0.717, 1.165) is 0 Å². The molecule has 0 amide bonds. The van der Waals surface area contributed by atoms with Crippen LogP contribution < -0.4 is 5.32 Å². The van der Waals surface area contributed by atoms with Gasteiger partial charge in [0, 0.05) is 6.04 Å². The molecule has 1 N–H and O–H groups in total. The summed E-state index contributed by atoms with van der Waals surface area (Å²) in [5.74, 6) is 0. The summed E-state index contributed by atoms with van der Waals surface area (Å²) in [4.78, 5) is 0. The second-order valence-electron chi connectivity index (χ2n) is 3.58. The van der Waals surface area contributed by atoms with Gasteiger partial charge in [-0.05, 0) is 37.9 Å². The van der Waals surface area contributed by atoms with Crippen LogP contribution in [0, 0.1) is 6.92 Å². The molecular weight excluding hydrogens is 146 g/mol. The number of hydrogen-bond acceptors (Lipinski definition) is 1. The van der Waals surface area contributed by atoms with Gasteiger partial charge in [0.2, 0.25) is 0 Å². The van der Waals surface area contributed by atoms with E-state index in [1.54, 1.807) is 0 Å². The average molecular weight is 161 g/mol. The van der Waals surface area contributed by atoms with E-state index in [-0.39, 0.29) is 0 Å². The monoisotopic (exact) mass is 161 g/mol. The average Bonchev–Trinajstić information content (AvgIpc) is 2.46. The Morgan fingerprint density at radius 2 is 2.25 bits per heavy atom. The normalized spacial score (nSPS) is 21.0. The van der Waals surface area contributed by atoms with Crippen molar-refractivity contribution in [3.8, 4) is 0 Å². The number of aryl methyl sites for hydroxylation is 2. The molecule has 1 nitrogen and oxygen atoms in total. The van der Waals surface area contributed by atoms with E-state index >= 15 is 0 Å². The molecule has 1 unspecified atom stereocenters. The van der Waals surface area contributed by atoms with E-state index in [1.807, 2.05) is 7.05 Å². The lowest BCUT2D eigenvalue weighted by Gasteiger charge is -2.09. The topological polar surface area (TPSA) is 12.0 Å². The van der Waals surface area contributed by atoms with Crippen LogP contribution in [-0.2, 0) is 6.42 Å². The molecule has 1 atom stereocenters. The molecule has 1 aromatic rings. The lowest BCUT2D eigenvalue weighted by Crippen LogP contribution is -2.12. The van der Waals surface area contributed by atoms with Crippen LogP contribution in [-0.4, -0.2) is 7.05 Å². The first kappa shape index (κ1) is 7.81. The molecule has 0 saturated carbocycles. The minimum absolute atomic E-state index is 0.597. The summed E-state index contributed by atoms with van der Waals surface area (Å²) in [7, 11) is 2.04. The highest BCUT2D eigenvalue weighted by Gasteiger charge is 2.19. The van der Waals surface area contributed by atoms with Gasteiger partial charge in [0.05, 0.1) is 0 Å². The molecule has 12 heavy (non-hydrogen) atoms. The first-order chi connectivity index (χ1) is 5.81. The highest BCUT2D eigenvalue weighted by atomic mass is 14.9. The summed E-state index contributed by atoms with van der Waals surface area (Å²) in [5, 5.41) is 3.35. The van der Waals surface area contributed by atoms with Crippen LogP contribution in [0.15, 0.2) is 18.2 Å². The molecular formula is C11H15N. The second kappa shape index (κ2) is 2.91. The van der Waals surface area contributed by atoms with Gasteiger partial charge in [-0.2, -0.15) is 0 Å². The number of fused-ring (bicyclic) bond motifs is 1. The fraction of sp³-hybridized carbons (Fsp3) is 0.455. The number of benzene rings is 1. The van der Waals surface area contributed by atoms with Crippen LogP contribution in [0.5, 0.6) is 0 Å². The SMILES string of the molecule is CNC1CCc2ccc(C)cc21. The van der Waals surface area contributed by atoms with Gasteiger partial charge in [-0.15, -0.1) is 0 Å². The van der Waals surface area contributed by atoms with Crippen molar-refractivity contribution in [3.63, 3.8) is 0 Å². The van der Waals surface area contributed by atoms with Gasteiger partial charge in [-0.3, -0.25) is 0 Å². The van der Waals surface area contributed by atoms with Crippen molar-refractivity contribution in [2.24, 2.45) is 0 Å². The predicted molar refractivity (Wildman–Crippen MR) is 51.3 cm³/mol. The quantitative estimate of drug-likeness (QED) is 0.666. The van der Waals surface area contributed by atoms with Crippen LogP contribution in [0.25, 0.3) is 0 Å². The predicted octanol–water partition coefficient (Wildman–Crippen LogP) is 2.20. The Hall–Kier alpha value is -0.820. The van der Waals surface area contributed by atoms with Crippen LogP contribution in [0.1, 0.15) is 29.2 Å². The van der Waals surface area contributed by atoms with Crippen molar-refractivity contribution in [2.75, 3.05) is 7.05 Å². The zero-order valence-corrected chi connectivity index (χ0v) is 7.72. The van der Waals surface area contributed by atoms with Crippen LogP contribution in [0.3, 0.4) is 0 Å². The van der Waals surface area contributed by atoms with Crippen molar-refractivity contribution >= 4 is 0 Å². The van der Waals surface area contributed by atoms with Crippen LogP contribution in [0.4, 0.5) is 0 Å². The van der Waals surface area contributed by atoms with Crippen molar-refractivity contribution < 1.29 is 0 Å². The molecule has 0 heterocycles. The molecule has 0 radical (unpaired) electrons. The molecule has 0 aromatic heterocycles. The van der Waals surface area contributed by atoms with Gasteiger partial charge < -0.3 is 5.32 Å². The van der Waals surface area contributed by atoms with Gasteiger partial charge in [0.1, 0.15) is 0 Å². The van der Waals surface area contributed by atoms with E-state index < -0.39 is 0 Å². The van der Waals surface area contributed by atoms with Gasteiger partial charge in [-0.25, -0.2) is 0 Å². The highest BCUT2D eigenvalue weighted by molar-refractivity contribution is 5.37. The third-order valence-corrected chi connectivity index (χ3v) is 2.73. The Morgan fingerprint density at radius 1 is 1.42 bits per heavy atom. The van der Waals surface area contributed by atoms with Crippen molar-refractivity contribution in [1.82, 2.24) is 5.32 Å². The molecule has 0 fully saturated rings. The Kier molecular flexibility index (Phi) is 1.89. The minimum atomic E-state index is 0.597. The molecule has 1 aliphatic rings. The molecule has 0 saturated heterocycles. The summed E-state index contributed by atoms with van der Waals surface area (Å²) in [6.07, 6.45) is 2.50.